The zero-order valence-electron chi connectivity index (χ0n) is 18.0. The minimum Gasteiger partial charge on any atom is -0.378 e. The highest BCUT2D eigenvalue weighted by Gasteiger charge is 2.20. The largest absolute Gasteiger partial charge is 0.378 e. The Hall–Kier alpha value is -2.65. The van der Waals surface area contributed by atoms with E-state index in [1.807, 2.05) is 42.1 Å². The second-order valence-corrected chi connectivity index (χ2v) is 8.71. The van der Waals surface area contributed by atoms with Crippen LogP contribution in [-0.4, -0.2) is 64.3 Å². The molecule has 1 fully saturated rings. The normalized spacial score (nSPS) is 14.2. The summed E-state index contributed by atoms with van der Waals surface area (Å²) >= 11 is 1.62. The van der Waals surface area contributed by atoms with E-state index in [0.29, 0.717) is 32.7 Å². The van der Waals surface area contributed by atoms with Crippen LogP contribution >= 0.6 is 11.8 Å². The Morgan fingerprint density at radius 1 is 1.26 bits per heavy atom. The van der Waals surface area contributed by atoms with Crippen molar-refractivity contribution in [2.45, 2.75) is 32.0 Å². The van der Waals surface area contributed by atoms with Crippen molar-refractivity contribution in [1.82, 2.24) is 25.1 Å². The Morgan fingerprint density at radius 2 is 2.10 bits per heavy atom. The van der Waals surface area contributed by atoms with Crippen molar-refractivity contribution in [3.05, 3.63) is 41.6 Å². The number of ether oxygens (including phenoxy) is 1. The zero-order valence-corrected chi connectivity index (χ0v) is 18.8. The van der Waals surface area contributed by atoms with E-state index in [9.17, 15) is 4.79 Å². The Labute approximate surface area is 186 Å². The van der Waals surface area contributed by atoms with Crippen molar-refractivity contribution in [3.8, 4) is 0 Å². The smallest absolute Gasteiger partial charge is 0.224 e. The summed E-state index contributed by atoms with van der Waals surface area (Å²) in [4.78, 5) is 24.1. The summed E-state index contributed by atoms with van der Waals surface area (Å²) in [5, 5.41) is 9.23. The number of thioether (sulfide) groups is 1. The van der Waals surface area contributed by atoms with E-state index >= 15 is 0 Å². The molecule has 0 spiro atoms. The number of nitrogens with zero attached hydrogens (tertiary/aromatic N) is 5. The van der Waals surface area contributed by atoms with Crippen molar-refractivity contribution in [2.24, 2.45) is 0 Å². The van der Waals surface area contributed by atoms with Crippen LogP contribution in [0.2, 0.25) is 0 Å². The SMILES string of the molecule is CCSc1nc(N2CCOCC2)c2cnn(CCNC(=O)Cc3cccc(C)c3)c2n1. The van der Waals surface area contributed by atoms with Gasteiger partial charge in [-0.2, -0.15) is 5.10 Å². The van der Waals surface area contributed by atoms with Crippen LogP contribution in [0.15, 0.2) is 35.6 Å². The van der Waals surface area contributed by atoms with E-state index in [4.69, 9.17) is 14.7 Å². The van der Waals surface area contributed by atoms with Gasteiger partial charge in [-0.1, -0.05) is 48.5 Å². The maximum atomic E-state index is 12.3. The topological polar surface area (TPSA) is 85.2 Å². The average Bonchev–Trinajstić information content (AvgIpc) is 3.17. The molecule has 1 amide bonds. The van der Waals surface area contributed by atoms with Crippen molar-refractivity contribution >= 4 is 34.5 Å². The highest BCUT2D eigenvalue weighted by molar-refractivity contribution is 7.99. The number of aryl methyl sites for hydroxylation is 1. The molecule has 1 aliphatic heterocycles. The van der Waals surface area contributed by atoms with Gasteiger partial charge in [0.25, 0.3) is 0 Å². The third kappa shape index (κ3) is 5.34. The van der Waals surface area contributed by atoms with Gasteiger partial charge in [-0.3, -0.25) is 4.79 Å². The van der Waals surface area contributed by atoms with E-state index < -0.39 is 0 Å². The lowest BCUT2D eigenvalue weighted by molar-refractivity contribution is -0.120. The van der Waals surface area contributed by atoms with Gasteiger partial charge in [0, 0.05) is 19.6 Å². The fraction of sp³-hybridized carbons (Fsp3) is 0.455. The number of morpholine rings is 1. The summed E-state index contributed by atoms with van der Waals surface area (Å²) in [5.41, 5.74) is 2.98. The number of carbonyl (C=O) groups excluding carboxylic acids is 1. The van der Waals surface area contributed by atoms with Crippen LogP contribution in [0.5, 0.6) is 0 Å². The molecule has 0 radical (unpaired) electrons. The first-order valence-corrected chi connectivity index (χ1v) is 11.6. The van der Waals surface area contributed by atoms with Gasteiger partial charge in [-0.15, -0.1) is 0 Å². The predicted octanol–water partition coefficient (Wildman–Crippen LogP) is 2.44. The summed E-state index contributed by atoms with van der Waals surface area (Å²) in [6, 6.07) is 8.02. The summed E-state index contributed by atoms with van der Waals surface area (Å²) in [5.74, 6) is 1.82. The summed E-state index contributed by atoms with van der Waals surface area (Å²) in [6.45, 7) is 8.18. The average molecular weight is 441 g/mol. The molecular weight excluding hydrogens is 412 g/mol. The summed E-state index contributed by atoms with van der Waals surface area (Å²) in [6.07, 6.45) is 2.21. The van der Waals surface area contributed by atoms with Crippen LogP contribution in [0.4, 0.5) is 5.82 Å². The molecule has 9 heteroatoms. The van der Waals surface area contributed by atoms with Crippen LogP contribution in [0.1, 0.15) is 18.1 Å². The number of amides is 1. The highest BCUT2D eigenvalue weighted by atomic mass is 32.2. The lowest BCUT2D eigenvalue weighted by atomic mass is 10.1. The molecule has 164 valence electrons. The van der Waals surface area contributed by atoms with Crippen LogP contribution in [0.3, 0.4) is 0 Å². The number of rotatable bonds is 8. The molecule has 0 unspecified atom stereocenters. The lowest BCUT2D eigenvalue weighted by Gasteiger charge is -2.28. The van der Waals surface area contributed by atoms with Crippen molar-refractivity contribution in [2.75, 3.05) is 43.5 Å². The fourth-order valence-corrected chi connectivity index (χ4v) is 4.23. The Bertz CT molecular complexity index is 1050. The van der Waals surface area contributed by atoms with Crippen molar-refractivity contribution in [1.29, 1.82) is 0 Å². The van der Waals surface area contributed by atoms with E-state index in [-0.39, 0.29) is 5.91 Å². The van der Waals surface area contributed by atoms with Gasteiger partial charge < -0.3 is 15.0 Å². The van der Waals surface area contributed by atoms with E-state index in [1.54, 1.807) is 11.8 Å². The Kier molecular flexibility index (Phi) is 7.03. The zero-order chi connectivity index (χ0) is 21.6. The highest BCUT2D eigenvalue weighted by Crippen LogP contribution is 2.27. The number of aromatic nitrogens is 4. The van der Waals surface area contributed by atoms with Gasteiger partial charge in [0.15, 0.2) is 10.8 Å². The summed E-state index contributed by atoms with van der Waals surface area (Å²) in [7, 11) is 0. The second-order valence-electron chi connectivity index (χ2n) is 7.48. The van der Waals surface area contributed by atoms with E-state index in [2.05, 4.69) is 22.2 Å². The molecule has 0 bridgehead atoms. The first kappa shape index (κ1) is 21.6. The van der Waals surface area contributed by atoms with Gasteiger partial charge in [0.05, 0.1) is 37.8 Å². The maximum absolute atomic E-state index is 12.3. The molecule has 4 rings (SSSR count). The lowest BCUT2D eigenvalue weighted by Crippen LogP contribution is -2.37. The summed E-state index contributed by atoms with van der Waals surface area (Å²) < 4.78 is 7.34. The van der Waals surface area contributed by atoms with Crippen molar-refractivity contribution in [3.63, 3.8) is 0 Å². The molecule has 8 nitrogen and oxygen atoms in total. The maximum Gasteiger partial charge on any atom is 0.224 e. The minimum atomic E-state index is 0.00733. The predicted molar refractivity (Wildman–Crippen MR) is 123 cm³/mol. The second kappa shape index (κ2) is 10.1. The van der Waals surface area contributed by atoms with Crippen LogP contribution < -0.4 is 10.2 Å². The molecular formula is C22H28N6O2S. The number of benzene rings is 1. The first-order chi connectivity index (χ1) is 15.1. The van der Waals surface area contributed by atoms with Crippen LogP contribution in [0.25, 0.3) is 11.0 Å². The molecule has 1 aromatic carbocycles. The third-order valence-electron chi connectivity index (χ3n) is 5.13. The van der Waals surface area contributed by atoms with Crippen LogP contribution in [-0.2, 0) is 22.5 Å². The number of anilines is 1. The minimum absolute atomic E-state index is 0.00733. The molecule has 0 atom stereocenters. The van der Waals surface area contributed by atoms with Gasteiger partial charge in [-0.25, -0.2) is 14.6 Å². The Morgan fingerprint density at radius 3 is 2.87 bits per heavy atom. The van der Waals surface area contributed by atoms with Crippen LogP contribution in [0, 0.1) is 6.92 Å². The molecule has 1 saturated heterocycles. The van der Waals surface area contributed by atoms with Gasteiger partial charge in [0.2, 0.25) is 5.91 Å². The number of hydrogen-bond donors (Lipinski definition) is 1. The first-order valence-electron chi connectivity index (χ1n) is 10.7. The molecule has 0 aliphatic carbocycles. The molecule has 3 aromatic rings. The Balaban J connectivity index is 1.46. The monoisotopic (exact) mass is 440 g/mol. The third-order valence-corrected chi connectivity index (χ3v) is 5.86. The fourth-order valence-electron chi connectivity index (χ4n) is 3.67. The van der Waals surface area contributed by atoms with Gasteiger partial charge >= 0.3 is 0 Å². The molecule has 1 aliphatic rings. The van der Waals surface area contributed by atoms with Gasteiger partial charge in [0.1, 0.15) is 5.82 Å². The molecule has 1 N–H and O–H groups in total. The number of carbonyl (C=O) groups is 1. The molecule has 3 heterocycles. The number of hydrogen-bond acceptors (Lipinski definition) is 7. The van der Waals surface area contributed by atoms with Crippen molar-refractivity contribution < 1.29 is 9.53 Å². The number of nitrogens with one attached hydrogen (secondary N) is 1. The quantitative estimate of drug-likeness (QED) is 0.425. The molecule has 0 saturated carbocycles. The standard InChI is InChI=1S/C22H28N6O2S/c1-3-31-22-25-20(27-9-11-30-12-10-27)18-15-24-28(21(18)26-22)8-7-23-19(29)14-17-6-4-5-16(2)13-17/h4-6,13,15H,3,7-12,14H2,1-2H3,(H,23,29). The van der Waals surface area contributed by atoms with E-state index in [1.165, 1.54) is 0 Å². The molecule has 2 aromatic heterocycles. The van der Waals surface area contributed by atoms with E-state index in [0.717, 1.165) is 52.0 Å². The number of fused-ring (bicyclic) bond motifs is 1. The van der Waals surface area contributed by atoms with Gasteiger partial charge in [-0.05, 0) is 18.2 Å². The molecule has 31 heavy (non-hydrogen) atoms.